The molecule has 0 bridgehead atoms. The Morgan fingerprint density at radius 3 is 2.59 bits per heavy atom. The lowest BCUT2D eigenvalue weighted by Gasteiger charge is -2.07. The SMILES string of the molecule is COc1ccc(-c2noc(COC(=O)c3cccc(NC(C)=O)c3)n2)cc1OC. The van der Waals surface area contributed by atoms with Gasteiger partial charge in [-0.2, -0.15) is 4.98 Å². The van der Waals surface area contributed by atoms with Crippen LogP contribution >= 0.6 is 0 Å². The van der Waals surface area contributed by atoms with Crippen molar-refractivity contribution in [1.29, 1.82) is 0 Å². The van der Waals surface area contributed by atoms with Gasteiger partial charge in [-0.1, -0.05) is 11.2 Å². The molecule has 0 aliphatic carbocycles. The van der Waals surface area contributed by atoms with Gasteiger partial charge in [-0.15, -0.1) is 0 Å². The lowest BCUT2D eigenvalue weighted by Crippen LogP contribution is -2.09. The molecule has 9 heteroatoms. The summed E-state index contributed by atoms with van der Waals surface area (Å²) in [7, 11) is 3.08. The van der Waals surface area contributed by atoms with Crippen LogP contribution in [-0.4, -0.2) is 36.2 Å². The Labute approximate surface area is 166 Å². The quantitative estimate of drug-likeness (QED) is 0.605. The van der Waals surface area contributed by atoms with Gasteiger partial charge >= 0.3 is 5.97 Å². The second-order valence-electron chi connectivity index (χ2n) is 5.92. The summed E-state index contributed by atoms with van der Waals surface area (Å²) in [6.07, 6.45) is 0. The highest BCUT2D eigenvalue weighted by Crippen LogP contribution is 2.31. The molecule has 9 nitrogen and oxygen atoms in total. The van der Waals surface area contributed by atoms with Crippen molar-refractivity contribution < 1.29 is 28.3 Å². The molecular weight excluding hydrogens is 378 g/mol. The van der Waals surface area contributed by atoms with Crippen molar-refractivity contribution in [2.75, 3.05) is 19.5 Å². The minimum atomic E-state index is -0.580. The number of esters is 1. The molecule has 0 aliphatic heterocycles. The molecule has 0 aliphatic rings. The topological polar surface area (TPSA) is 113 Å². The number of aromatic nitrogens is 2. The molecule has 0 unspecified atom stereocenters. The van der Waals surface area contributed by atoms with Crippen molar-refractivity contribution >= 4 is 17.6 Å². The average molecular weight is 397 g/mol. The van der Waals surface area contributed by atoms with Crippen LogP contribution in [-0.2, 0) is 16.1 Å². The van der Waals surface area contributed by atoms with Crippen molar-refractivity contribution in [3.63, 3.8) is 0 Å². The smallest absolute Gasteiger partial charge is 0.338 e. The van der Waals surface area contributed by atoms with Gasteiger partial charge in [0, 0.05) is 18.2 Å². The first kappa shape index (κ1) is 19.9. The van der Waals surface area contributed by atoms with Gasteiger partial charge < -0.3 is 24.1 Å². The van der Waals surface area contributed by atoms with Gasteiger partial charge in [0.1, 0.15) is 0 Å². The van der Waals surface area contributed by atoms with E-state index in [0.29, 0.717) is 28.6 Å². The molecule has 0 saturated heterocycles. The van der Waals surface area contributed by atoms with Crippen LogP contribution in [0.15, 0.2) is 47.0 Å². The van der Waals surface area contributed by atoms with Crippen molar-refractivity contribution in [2.24, 2.45) is 0 Å². The van der Waals surface area contributed by atoms with E-state index < -0.39 is 5.97 Å². The number of hydrogen-bond donors (Lipinski definition) is 1. The minimum absolute atomic E-state index is 0.140. The Morgan fingerprint density at radius 2 is 1.86 bits per heavy atom. The molecular formula is C20H19N3O6. The Balaban J connectivity index is 1.66. The summed E-state index contributed by atoms with van der Waals surface area (Å²) < 4.78 is 20.8. The Kier molecular flexibility index (Phi) is 6.08. The van der Waals surface area contributed by atoms with E-state index in [9.17, 15) is 9.59 Å². The predicted octanol–water partition coefficient (Wildman–Crippen LogP) is 3.07. The van der Waals surface area contributed by atoms with Crippen molar-refractivity contribution in [1.82, 2.24) is 10.1 Å². The van der Waals surface area contributed by atoms with Crippen LogP contribution in [0.5, 0.6) is 11.5 Å². The Hall–Kier alpha value is -3.88. The fourth-order valence-electron chi connectivity index (χ4n) is 2.54. The number of benzene rings is 2. The number of methoxy groups -OCH3 is 2. The highest BCUT2D eigenvalue weighted by atomic mass is 16.6. The van der Waals surface area contributed by atoms with Gasteiger partial charge in [0.25, 0.3) is 5.89 Å². The van der Waals surface area contributed by atoms with Crippen LogP contribution < -0.4 is 14.8 Å². The van der Waals surface area contributed by atoms with Crippen LogP contribution in [0.4, 0.5) is 5.69 Å². The summed E-state index contributed by atoms with van der Waals surface area (Å²) in [5.74, 6) is 0.759. The maximum absolute atomic E-state index is 12.2. The molecule has 1 heterocycles. The molecule has 0 spiro atoms. The maximum atomic E-state index is 12.2. The van der Waals surface area contributed by atoms with E-state index in [0.717, 1.165) is 0 Å². The molecule has 3 rings (SSSR count). The molecule has 0 atom stereocenters. The van der Waals surface area contributed by atoms with Gasteiger partial charge in [0.15, 0.2) is 18.1 Å². The summed E-state index contributed by atoms with van der Waals surface area (Å²) in [6, 6.07) is 11.6. The summed E-state index contributed by atoms with van der Waals surface area (Å²) >= 11 is 0. The predicted molar refractivity (Wildman–Crippen MR) is 103 cm³/mol. The van der Waals surface area contributed by atoms with Gasteiger partial charge in [0.2, 0.25) is 11.7 Å². The number of amides is 1. The second kappa shape index (κ2) is 8.87. The van der Waals surface area contributed by atoms with Crippen molar-refractivity contribution in [2.45, 2.75) is 13.5 Å². The van der Waals surface area contributed by atoms with Gasteiger partial charge in [-0.25, -0.2) is 4.79 Å². The molecule has 1 aromatic heterocycles. The molecule has 0 fully saturated rings. The second-order valence-corrected chi connectivity index (χ2v) is 5.92. The van der Waals surface area contributed by atoms with Crippen LogP contribution in [0.25, 0.3) is 11.4 Å². The fraction of sp³-hybridized carbons (Fsp3) is 0.200. The monoisotopic (exact) mass is 397 g/mol. The first-order valence-corrected chi connectivity index (χ1v) is 8.60. The first-order valence-electron chi connectivity index (χ1n) is 8.60. The van der Waals surface area contributed by atoms with Crippen molar-refractivity contribution in [3.8, 4) is 22.9 Å². The molecule has 1 N–H and O–H groups in total. The number of nitrogens with one attached hydrogen (secondary N) is 1. The van der Waals surface area contributed by atoms with E-state index in [1.165, 1.54) is 20.1 Å². The number of hydrogen-bond acceptors (Lipinski definition) is 8. The Morgan fingerprint density at radius 1 is 1.07 bits per heavy atom. The summed E-state index contributed by atoms with van der Waals surface area (Å²) in [5.41, 5.74) is 1.45. The van der Waals surface area contributed by atoms with E-state index in [-0.39, 0.29) is 24.0 Å². The lowest BCUT2D eigenvalue weighted by atomic mass is 10.2. The zero-order valence-electron chi connectivity index (χ0n) is 16.1. The van der Waals surface area contributed by atoms with Gasteiger partial charge in [-0.3, -0.25) is 4.79 Å². The van der Waals surface area contributed by atoms with Crippen LogP contribution in [0.2, 0.25) is 0 Å². The number of ether oxygens (including phenoxy) is 3. The highest BCUT2D eigenvalue weighted by Gasteiger charge is 2.15. The first-order chi connectivity index (χ1) is 14.0. The molecule has 150 valence electrons. The van der Waals surface area contributed by atoms with E-state index in [2.05, 4.69) is 15.5 Å². The molecule has 1 amide bonds. The fourth-order valence-corrected chi connectivity index (χ4v) is 2.54. The van der Waals surface area contributed by atoms with Crippen LogP contribution in [0.3, 0.4) is 0 Å². The normalized spacial score (nSPS) is 10.3. The van der Waals surface area contributed by atoms with E-state index in [1.54, 1.807) is 43.5 Å². The Bertz CT molecular complexity index is 1030. The largest absolute Gasteiger partial charge is 0.493 e. The molecule has 0 radical (unpaired) electrons. The third-order valence-corrected chi connectivity index (χ3v) is 3.86. The van der Waals surface area contributed by atoms with E-state index in [4.69, 9.17) is 18.7 Å². The molecule has 2 aromatic carbocycles. The van der Waals surface area contributed by atoms with Crippen LogP contribution in [0, 0.1) is 0 Å². The number of carbonyl (C=O) groups is 2. The zero-order valence-corrected chi connectivity index (χ0v) is 16.1. The molecule has 29 heavy (non-hydrogen) atoms. The zero-order chi connectivity index (χ0) is 20.8. The van der Waals surface area contributed by atoms with Crippen LogP contribution in [0.1, 0.15) is 23.2 Å². The lowest BCUT2D eigenvalue weighted by molar-refractivity contribution is -0.114. The number of rotatable bonds is 7. The number of nitrogens with zero attached hydrogens (tertiary/aromatic N) is 2. The minimum Gasteiger partial charge on any atom is -0.493 e. The highest BCUT2D eigenvalue weighted by molar-refractivity contribution is 5.93. The number of carbonyl (C=O) groups excluding carboxylic acids is 2. The summed E-state index contributed by atoms with van der Waals surface area (Å²) in [5, 5.41) is 6.50. The molecule has 3 aromatic rings. The third-order valence-electron chi connectivity index (χ3n) is 3.86. The summed E-state index contributed by atoms with van der Waals surface area (Å²) in [6.45, 7) is 1.19. The standard InChI is InChI=1S/C20H19N3O6/c1-12(24)21-15-6-4-5-14(9-15)20(25)28-11-18-22-19(23-29-18)13-7-8-16(26-2)17(10-13)27-3/h4-10H,11H2,1-3H3,(H,21,24). The number of anilines is 1. The third kappa shape index (κ3) is 4.89. The van der Waals surface area contributed by atoms with E-state index in [1.807, 2.05) is 0 Å². The molecule has 0 saturated carbocycles. The van der Waals surface area contributed by atoms with Crippen molar-refractivity contribution in [3.05, 3.63) is 53.9 Å². The van der Waals surface area contributed by atoms with Gasteiger partial charge in [-0.05, 0) is 36.4 Å². The van der Waals surface area contributed by atoms with Gasteiger partial charge in [0.05, 0.1) is 19.8 Å². The maximum Gasteiger partial charge on any atom is 0.338 e. The van der Waals surface area contributed by atoms with E-state index >= 15 is 0 Å². The average Bonchev–Trinajstić information content (AvgIpc) is 3.20. The summed E-state index contributed by atoms with van der Waals surface area (Å²) in [4.78, 5) is 27.6.